The average molecular weight is 212 g/mol. The van der Waals surface area contributed by atoms with Gasteiger partial charge in [0.1, 0.15) is 5.76 Å². The van der Waals surface area contributed by atoms with E-state index in [1.54, 1.807) is 19.1 Å². The number of rotatable bonds is 3. The molecule has 0 aromatic carbocycles. The molecule has 1 unspecified atom stereocenters. The second-order valence-electron chi connectivity index (χ2n) is 3.10. The van der Waals surface area contributed by atoms with Crippen LogP contribution in [0, 0.1) is 6.92 Å². The summed E-state index contributed by atoms with van der Waals surface area (Å²) >= 11 is 0. The molecule has 1 aromatic heterocycles. The summed E-state index contributed by atoms with van der Waals surface area (Å²) in [5, 5.41) is 8.55. The van der Waals surface area contributed by atoms with Crippen LogP contribution >= 0.6 is 0 Å². The topological polar surface area (TPSA) is 96.8 Å². The predicted molar refractivity (Wildman–Crippen MR) is 52.5 cm³/mol. The average Bonchev–Trinajstić information content (AvgIpc) is 2.61. The second-order valence-corrected chi connectivity index (χ2v) is 3.10. The van der Waals surface area contributed by atoms with Gasteiger partial charge in [-0.05, 0) is 13.0 Å². The number of nitrogens with two attached hydrogens (primary N) is 1. The van der Waals surface area contributed by atoms with Gasteiger partial charge >= 0.3 is 5.97 Å². The molecule has 0 radical (unpaired) electrons. The van der Waals surface area contributed by atoms with E-state index >= 15 is 0 Å². The van der Waals surface area contributed by atoms with E-state index in [0.29, 0.717) is 5.76 Å². The largest absolute Gasteiger partial charge is 0.480 e. The first-order valence-corrected chi connectivity index (χ1v) is 4.26. The molecule has 0 fully saturated rings. The first kappa shape index (κ1) is 11.3. The van der Waals surface area contributed by atoms with Crippen LogP contribution in [0.2, 0.25) is 0 Å². The van der Waals surface area contributed by atoms with E-state index in [9.17, 15) is 9.59 Å². The summed E-state index contributed by atoms with van der Waals surface area (Å²) in [4.78, 5) is 23.0. The molecule has 0 aliphatic carbocycles. The van der Waals surface area contributed by atoms with Crippen LogP contribution < -0.4 is 10.6 Å². The van der Waals surface area contributed by atoms with Crippen molar-refractivity contribution in [3.05, 3.63) is 17.9 Å². The van der Waals surface area contributed by atoms with Gasteiger partial charge < -0.3 is 15.3 Å². The Balaban J connectivity index is 2.81. The van der Waals surface area contributed by atoms with Gasteiger partial charge in [-0.15, -0.1) is 0 Å². The maximum absolute atomic E-state index is 11.5. The molecule has 6 heteroatoms. The zero-order valence-corrected chi connectivity index (χ0v) is 8.43. The van der Waals surface area contributed by atoms with Crippen LogP contribution in [0.1, 0.15) is 5.76 Å². The van der Waals surface area contributed by atoms with Gasteiger partial charge in [-0.1, -0.05) is 0 Å². The molecule has 6 nitrogen and oxygen atoms in total. The normalized spacial score (nSPS) is 12.2. The Morgan fingerprint density at radius 3 is 2.53 bits per heavy atom. The lowest BCUT2D eigenvalue weighted by atomic mass is 10.3. The van der Waals surface area contributed by atoms with Crippen LogP contribution in [0.5, 0.6) is 0 Å². The van der Waals surface area contributed by atoms with E-state index in [1.807, 2.05) is 0 Å². The molecule has 1 aromatic rings. The number of carboxylic acid groups (broad SMARTS) is 1. The van der Waals surface area contributed by atoms with Crippen LogP contribution in [0.25, 0.3) is 0 Å². The number of aliphatic carboxylic acids is 1. The molecule has 0 bridgehead atoms. The fourth-order valence-electron chi connectivity index (χ4n) is 1.02. The van der Waals surface area contributed by atoms with Crippen molar-refractivity contribution in [1.82, 2.24) is 0 Å². The van der Waals surface area contributed by atoms with Crippen LogP contribution in [0.15, 0.2) is 16.5 Å². The number of carbonyl (C=O) groups is 2. The van der Waals surface area contributed by atoms with E-state index < -0.39 is 17.9 Å². The Morgan fingerprint density at radius 1 is 1.53 bits per heavy atom. The number of hydrogen-bond acceptors (Lipinski definition) is 4. The molecule has 0 aliphatic heterocycles. The van der Waals surface area contributed by atoms with Gasteiger partial charge in [0.05, 0.1) is 0 Å². The predicted octanol–water partition coefficient (Wildman–Crippen LogP) is -0.0373. The highest BCUT2D eigenvalue weighted by Crippen LogP contribution is 2.16. The monoisotopic (exact) mass is 212 g/mol. The first-order chi connectivity index (χ1) is 6.93. The Labute approximate surface area is 86.3 Å². The van der Waals surface area contributed by atoms with E-state index in [1.165, 1.54) is 7.05 Å². The molecule has 0 spiro atoms. The van der Waals surface area contributed by atoms with Crippen LogP contribution in [-0.4, -0.2) is 30.1 Å². The van der Waals surface area contributed by atoms with Crippen LogP contribution in [-0.2, 0) is 9.59 Å². The number of nitrogens with zero attached hydrogens (tertiary/aromatic N) is 1. The van der Waals surface area contributed by atoms with Crippen molar-refractivity contribution in [3.63, 3.8) is 0 Å². The van der Waals surface area contributed by atoms with Crippen molar-refractivity contribution in [3.8, 4) is 0 Å². The molecule has 1 atom stereocenters. The third-order valence-electron chi connectivity index (χ3n) is 1.92. The van der Waals surface area contributed by atoms with E-state index in [4.69, 9.17) is 15.3 Å². The Hall–Kier alpha value is -1.82. The fraction of sp³-hybridized carbons (Fsp3) is 0.333. The summed E-state index contributed by atoms with van der Waals surface area (Å²) in [6.07, 6.45) is 0. The van der Waals surface area contributed by atoms with Gasteiger partial charge in [0.2, 0.25) is 5.88 Å². The molecule has 1 amide bonds. The first-order valence-electron chi connectivity index (χ1n) is 4.26. The number of anilines is 1. The maximum atomic E-state index is 11.5. The van der Waals surface area contributed by atoms with Gasteiger partial charge in [-0.25, -0.2) is 4.79 Å². The molecule has 0 saturated carbocycles. The molecule has 1 rings (SSSR count). The van der Waals surface area contributed by atoms with E-state index in [-0.39, 0.29) is 5.88 Å². The smallest absolute Gasteiger partial charge is 0.330 e. The van der Waals surface area contributed by atoms with Crippen molar-refractivity contribution >= 4 is 17.8 Å². The molecule has 0 saturated heterocycles. The van der Waals surface area contributed by atoms with Crippen molar-refractivity contribution in [2.45, 2.75) is 13.0 Å². The minimum absolute atomic E-state index is 0.272. The Morgan fingerprint density at radius 2 is 2.13 bits per heavy atom. The molecule has 1 heterocycles. The summed E-state index contributed by atoms with van der Waals surface area (Å²) in [5.41, 5.74) is 5.17. The van der Waals surface area contributed by atoms with Crippen LogP contribution in [0.4, 0.5) is 5.88 Å². The fourth-order valence-corrected chi connectivity index (χ4v) is 1.02. The number of furan rings is 1. The number of hydrogen-bond donors (Lipinski definition) is 2. The third kappa shape index (κ3) is 2.35. The Bertz CT molecular complexity index is 385. The highest BCUT2D eigenvalue weighted by atomic mass is 16.4. The lowest BCUT2D eigenvalue weighted by Crippen LogP contribution is -2.46. The lowest BCUT2D eigenvalue weighted by Gasteiger charge is -2.16. The minimum Gasteiger partial charge on any atom is -0.480 e. The second kappa shape index (κ2) is 4.14. The van der Waals surface area contributed by atoms with Crippen molar-refractivity contribution in [2.24, 2.45) is 5.73 Å². The molecular formula is C9H12N2O4. The third-order valence-corrected chi connectivity index (χ3v) is 1.92. The summed E-state index contributed by atoms with van der Waals surface area (Å²) in [6.45, 7) is 1.72. The molecule has 0 aliphatic rings. The Kier molecular flexibility index (Phi) is 3.11. The quantitative estimate of drug-likeness (QED) is 0.685. The summed E-state index contributed by atoms with van der Waals surface area (Å²) < 4.78 is 5.15. The minimum atomic E-state index is -1.57. The lowest BCUT2D eigenvalue weighted by molar-refractivity contribution is -0.142. The summed E-state index contributed by atoms with van der Waals surface area (Å²) in [6, 6.07) is 1.67. The summed E-state index contributed by atoms with van der Waals surface area (Å²) in [7, 11) is 1.41. The zero-order chi connectivity index (χ0) is 11.6. The number of likely N-dealkylation sites (N-methyl/N-ethyl adjacent to an activating group) is 1. The zero-order valence-electron chi connectivity index (χ0n) is 8.43. The van der Waals surface area contributed by atoms with Gasteiger partial charge in [0.15, 0.2) is 6.04 Å². The standard InChI is InChI=1S/C9H12N2O4/c1-5-3-4-6(15-5)11(2)8(12)7(10)9(13)14/h3-4,7H,10H2,1-2H3,(H,13,14). The summed E-state index contributed by atoms with van der Waals surface area (Å²) in [5.74, 6) is -1.19. The molecule has 15 heavy (non-hydrogen) atoms. The van der Waals surface area contributed by atoms with Crippen molar-refractivity contribution in [1.29, 1.82) is 0 Å². The molecular weight excluding hydrogens is 200 g/mol. The molecule has 82 valence electrons. The van der Waals surface area contributed by atoms with Crippen LogP contribution in [0.3, 0.4) is 0 Å². The van der Waals surface area contributed by atoms with Gasteiger partial charge in [-0.2, -0.15) is 0 Å². The van der Waals surface area contributed by atoms with Gasteiger partial charge in [0.25, 0.3) is 5.91 Å². The van der Waals surface area contributed by atoms with Crippen molar-refractivity contribution in [2.75, 3.05) is 11.9 Å². The number of amides is 1. The van der Waals surface area contributed by atoms with E-state index in [2.05, 4.69) is 0 Å². The highest BCUT2D eigenvalue weighted by Gasteiger charge is 2.26. The number of aryl methyl sites for hydroxylation is 1. The number of carbonyl (C=O) groups excluding carboxylic acids is 1. The number of carboxylic acids is 1. The van der Waals surface area contributed by atoms with Gasteiger partial charge in [0, 0.05) is 13.1 Å². The maximum Gasteiger partial charge on any atom is 0.330 e. The SMILES string of the molecule is Cc1ccc(N(C)C(=O)C(N)C(=O)O)o1. The molecule has 3 N–H and O–H groups in total. The highest BCUT2D eigenvalue weighted by molar-refractivity contribution is 6.08. The van der Waals surface area contributed by atoms with Gasteiger partial charge in [-0.3, -0.25) is 9.69 Å². The van der Waals surface area contributed by atoms with E-state index in [0.717, 1.165) is 4.90 Å². The van der Waals surface area contributed by atoms with Crippen molar-refractivity contribution < 1.29 is 19.1 Å².